The summed E-state index contributed by atoms with van der Waals surface area (Å²) in [5, 5.41) is 0.527. The molecule has 0 aromatic heterocycles. The molecule has 1 aliphatic heterocycles. The first-order chi connectivity index (χ1) is 7.68. The lowest BCUT2D eigenvalue weighted by Gasteiger charge is -2.28. The Kier molecular flexibility index (Phi) is 3.79. The molecule has 88 valence electrons. The van der Waals surface area contributed by atoms with Gasteiger partial charge >= 0.3 is 0 Å². The van der Waals surface area contributed by atoms with Crippen LogP contribution >= 0.6 is 11.6 Å². The molecule has 2 N–H and O–H groups in total. The lowest BCUT2D eigenvalue weighted by molar-refractivity contribution is 0.0580. The van der Waals surface area contributed by atoms with Crippen molar-refractivity contribution in [3.05, 3.63) is 34.6 Å². The summed E-state index contributed by atoms with van der Waals surface area (Å²) in [6.45, 7) is 1.42. The van der Waals surface area contributed by atoms with E-state index < -0.39 is 0 Å². The molecule has 0 bridgehead atoms. The fourth-order valence-corrected chi connectivity index (χ4v) is 2.28. The predicted molar refractivity (Wildman–Crippen MR) is 61.9 cm³/mol. The molecule has 4 heteroatoms. The van der Waals surface area contributed by atoms with Gasteiger partial charge in [0.1, 0.15) is 5.82 Å². The molecule has 1 aromatic rings. The maximum absolute atomic E-state index is 13.6. The lowest BCUT2D eigenvalue weighted by atomic mass is 9.87. The van der Waals surface area contributed by atoms with Gasteiger partial charge in [-0.05, 0) is 37.0 Å². The van der Waals surface area contributed by atoms with E-state index >= 15 is 0 Å². The molecule has 0 amide bonds. The zero-order chi connectivity index (χ0) is 11.5. The Morgan fingerprint density at radius 2 is 2.06 bits per heavy atom. The van der Waals surface area contributed by atoms with Crippen LogP contribution in [0.4, 0.5) is 4.39 Å². The highest BCUT2D eigenvalue weighted by molar-refractivity contribution is 6.30. The van der Waals surface area contributed by atoms with E-state index in [2.05, 4.69) is 0 Å². The van der Waals surface area contributed by atoms with E-state index in [0.29, 0.717) is 23.8 Å². The van der Waals surface area contributed by atoms with Crippen LogP contribution < -0.4 is 5.73 Å². The summed E-state index contributed by atoms with van der Waals surface area (Å²) >= 11 is 5.85. The Bertz CT molecular complexity index is 366. The molecule has 2 rings (SSSR count). The minimum atomic E-state index is -0.289. The van der Waals surface area contributed by atoms with E-state index in [4.69, 9.17) is 22.1 Å². The Labute approximate surface area is 99.5 Å². The zero-order valence-corrected chi connectivity index (χ0v) is 9.71. The van der Waals surface area contributed by atoms with Gasteiger partial charge in [0.05, 0.1) is 0 Å². The summed E-state index contributed by atoms with van der Waals surface area (Å²) in [5.74, 6) is 0.00473. The third kappa shape index (κ3) is 2.54. The number of hydrogen-bond acceptors (Lipinski definition) is 2. The fourth-order valence-electron chi connectivity index (χ4n) is 2.10. The maximum Gasteiger partial charge on any atom is 0.128 e. The molecule has 1 aliphatic rings. The van der Waals surface area contributed by atoms with Crippen molar-refractivity contribution in [3.63, 3.8) is 0 Å². The normalized spacial score (nSPS) is 19.7. The number of rotatable bonds is 2. The smallest absolute Gasteiger partial charge is 0.128 e. The van der Waals surface area contributed by atoms with Crippen LogP contribution in [0.3, 0.4) is 0 Å². The van der Waals surface area contributed by atoms with Crippen molar-refractivity contribution in [3.8, 4) is 0 Å². The van der Waals surface area contributed by atoms with Crippen LogP contribution in [0.25, 0.3) is 0 Å². The zero-order valence-electron chi connectivity index (χ0n) is 8.96. The molecule has 2 nitrogen and oxygen atoms in total. The summed E-state index contributed by atoms with van der Waals surface area (Å²) < 4.78 is 18.9. The third-order valence-corrected chi connectivity index (χ3v) is 3.33. The van der Waals surface area contributed by atoms with Gasteiger partial charge in [-0.3, -0.25) is 0 Å². The van der Waals surface area contributed by atoms with Gasteiger partial charge in [-0.25, -0.2) is 4.39 Å². The largest absolute Gasteiger partial charge is 0.381 e. The predicted octanol–water partition coefficient (Wildman–Crippen LogP) is 2.91. The Morgan fingerprint density at radius 3 is 2.75 bits per heavy atom. The van der Waals surface area contributed by atoms with Crippen LogP contribution in [0.2, 0.25) is 5.02 Å². The molecule has 0 radical (unpaired) electrons. The average molecular weight is 244 g/mol. The molecule has 16 heavy (non-hydrogen) atoms. The molecular weight excluding hydrogens is 229 g/mol. The van der Waals surface area contributed by atoms with Crippen molar-refractivity contribution in [2.45, 2.75) is 18.9 Å². The summed E-state index contributed by atoms with van der Waals surface area (Å²) in [7, 11) is 0. The van der Waals surface area contributed by atoms with Crippen LogP contribution in [0, 0.1) is 11.7 Å². The van der Waals surface area contributed by atoms with Crippen LogP contribution in [0.1, 0.15) is 24.4 Å². The van der Waals surface area contributed by atoms with E-state index in [1.807, 2.05) is 0 Å². The van der Waals surface area contributed by atoms with Crippen LogP contribution in [0.15, 0.2) is 18.2 Å². The van der Waals surface area contributed by atoms with E-state index in [-0.39, 0.29) is 17.8 Å². The molecule has 0 unspecified atom stereocenters. The van der Waals surface area contributed by atoms with Crippen molar-refractivity contribution in [1.29, 1.82) is 0 Å². The second-order valence-corrected chi connectivity index (χ2v) is 4.58. The molecule has 0 saturated carbocycles. The van der Waals surface area contributed by atoms with Gasteiger partial charge < -0.3 is 10.5 Å². The molecule has 1 saturated heterocycles. The fraction of sp³-hybridized carbons (Fsp3) is 0.500. The van der Waals surface area contributed by atoms with Crippen molar-refractivity contribution in [2.24, 2.45) is 11.7 Å². The number of benzene rings is 1. The van der Waals surface area contributed by atoms with E-state index in [1.54, 1.807) is 6.07 Å². The topological polar surface area (TPSA) is 35.2 Å². The highest BCUT2D eigenvalue weighted by atomic mass is 35.5. The summed E-state index contributed by atoms with van der Waals surface area (Å²) in [5.41, 5.74) is 6.60. The summed E-state index contributed by atoms with van der Waals surface area (Å²) in [6, 6.07) is 4.24. The number of halogens is 2. The van der Waals surface area contributed by atoms with Crippen molar-refractivity contribution < 1.29 is 9.13 Å². The molecule has 1 atom stereocenters. The first-order valence-corrected chi connectivity index (χ1v) is 5.84. The van der Waals surface area contributed by atoms with Crippen molar-refractivity contribution in [1.82, 2.24) is 0 Å². The number of ether oxygens (including phenoxy) is 1. The Morgan fingerprint density at radius 1 is 1.38 bits per heavy atom. The molecular formula is C12H15ClFNO. The van der Waals surface area contributed by atoms with Gasteiger partial charge in [0.2, 0.25) is 0 Å². The van der Waals surface area contributed by atoms with Gasteiger partial charge in [0, 0.05) is 29.8 Å². The number of nitrogens with two attached hydrogens (primary N) is 1. The second-order valence-electron chi connectivity index (χ2n) is 4.14. The van der Waals surface area contributed by atoms with Crippen LogP contribution in [0.5, 0.6) is 0 Å². The van der Waals surface area contributed by atoms with Crippen molar-refractivity contribution in [2.75, 3.05) is 13.2 Å². The van der Waals surface area contributed by atoms with Crippen molar-refractivity contribution >= 4 is 11.6 Å². The first-order valence-electron chi connectivity index (χ1n) is 5.47. The molecule has 0 spiro atoms. The highest BCUT2D eigenvalue weighted by Crippen LogP contribution is 2.30. The first kappa shape index (κ1) is 11.8. The Hall–Kier alpha value is -0.640. The van der Waals surface area contributed by atoms with Crippen LogP contribution in [-0.4, -0.2) is 13.2 Å². The minimum Gasteiger partial charge on any atom is -0.381 e. The van der Waals surface area contributed by atoms with E-state index in [1.165, 1.54) is 12.1 Å². The summed E-state index contributed by atoms with van der Waals surface area (Å²) in [6.07, 6.45) is 1.76. The van der Waals surface area contributed by atoms with Gasteiger partial charge in [-0.2, -0.15) is 0 Å². The standard InChI is InChI=1S/C12H15ClFNO/c13-9-1-2-11(14)10(7-9)12(15)8-3-5-16-6-4-8/h1-2,7-8,12H,3-6,15H2/t12-/m1/s1. The monoisotopic (exact) mass is 243 g/mol. The second kappa shape index (κ2) is 5.13. The lowest BCUT2D eigenvalue weighted by Crippen LogP contribution is -2.28. The summed E-state index contributed by atoms with van der Waals surface area (Å²) in [4.78, 5) is 0. The van der Waals surface area contributed by atoms with E-state index in [0.717, 1.165) is 12.8 Å². The van der Waals surface area contributed by atoms with Gasteiger partial charge in [-0.15, -0.1) is 0 Å². The van der Waals surface area contributed by atoms with Gasteiger partial charge in [0.25, 0.3) is 0 Å². The highest BCUT2D eigenvalue weighted by Gasteiger charge is 2.24. The molecule has 1 fully saturated rings. The minimum absolute atomic E-state index is 0.275. The van der Waals surface area contributed by atoms with Gasteiger partial charge in [0.15, 0.2) is 0 Å². The quantitative estimate of drug-likeness (QED) is 0.867. The third-order valence-electron chi connectivity index (χ3n) is 3.09. The molecule has 0 aliphatic carbocycles. The molecule has 1 heterocycles. The molecule has 1 aromatic carbocycles. The Balaban J connectivity index is 2.18. The number of hydrogen-bond donors (Lipinski definition) is 1. The SMILES string of the molecule is N[C@@H](c1cc(Cl)ccc1F)C1CCOCC1. The van der Waals surface area contributed by atoms with Crippen LogP contribution in [-0.2, 0) is 4.74 Å². The van der Waals surface area contributed by atoms with Gasteiger partial charge in [-0.1, -0.05) is 11.6 Å². The van der Waals surface area contributed by atoms with E-state index in [9.17, 15) is 4.39 Å². The average Bonchev–Trinajstić information content (AvgIpc) is 2.32. The maximum atomic E-state index is 13.6.